The minimum Gasteiger partial charge on any atom is -0.378 e. The summed E-state index contributed by atoms with van der Waals surface area (Å²) in [7, 11) is 3.88. The fourth-order valence-electron chi connectivity index (χ4n) is 3.29. The molecule has 0 unspecified atom stereocenters. The average Bonchev–Trinajstić information content (AvgIpc) is 3.13. The first-order valence-corrected chi connectivity index (χ1v) is 11.3. The zero-order valence-corrected chi connectivity index (χ0v) is 20.6. The predicted molar refractivity (Wildman–Crippen MR) is 136 cm³/mol. The number of carbonyl (C=O) groups excluding carboxylic acids is 1. The SMILES string of the molecule is CCCn1cc(CN=C(NC(=O)c2cccc(N(C)C)c2)Nc2cc(Cl)ccc2C)c(C)n1. The molecule has 7 nitrogen and oxygen atoms in total. The minimum atomic E-state index is -0.247. The number of aromatic nitrogens is 2. The Bertz CT molecular complexity index is 1150. The Morgan fingerprint density at radius 3 is 2.70 bits per heavy atom. The van der Waals surface area contributed by atoms with Crippen LogP contribution in [0.4, 0.5) is 11.4 Å². The topological polar surface area (TPSA) is 74.6 Å². The van der Waals surface area contributed by atoms with Crippen molar-refractivity contribution < 1.29 is 4.79 Å². The molecular weight excluding hydrogens is 436 g/mol. The number of nitrogens with zero attached hydrogens (tertiary/aromatic N) is 4. The molecule has 8 heteroatoms. The van der Waals surface area contributed by atoms with E-state index in [9.17, 15) is 4.79 Å². The third-order valence-electron chi connectivity index (χ3n) is 5.22. The zero-order valence-electron chi connectivity index (χ0n) is 19.8. The maximum atomic E-state index is 13.0. The smallest absolute Gasteiger partial charge is 0.258 e. The molecule has 0 fully saturated rings. The Hall–Kier alpha value is -3.32. The highest BCUT2D eigenvalue weighted by Gasteiger charge is 2.13. The van der Waals surface area contributed by atoms with Crippen LogP contribution >= 0.6 is 11.6 Å². The van der Waals surface area contributed by atoms with Crippen molar-refractivity contribution >= 4 is 34.8 Å². The highest BCUT2D eigenvalue weighted by molar-refractivity contribution is 6.31. The van der Waals surface area contributed by atoms with Gasteiger partial charge in [0, 0.05) is 54.4 Å². The van der Waals surface area contributed by atoms with Crippen molar-refractivity contribution in [2.45, 2.75) is 40.3 Å². The number of amides is 1. The third-order valence-corrected chi connectivity index (χ3v) is 5.45. The maximum Gasteiger partial charge on any atom is 0.258 e. The molecule has 0 saturated heterocycles. The summed E-state index contributed by atoms with van der Waals surface area (Å²) in [6, 6.07) is 13.0. The number of hydrogen-bond donors (Lipinski definition) is 2. The van der Waals surface area contributed by atoms with Crippen molar-refractivity contribution in [2.24, 2.45) is 4.99 Å². The predicted octanol–water partition coefficient (Wildman–Crippen LogP) is 5.03. The number of nitrogens with one attached hydrogen (secondary N) is 2. The molecule has 2 aromatic carbocycles. The summed E-state index contributed by atoms with van der Waals surface area (Å²) >= 11 is 6.19. The van der Waals surface area contributed by atoms with Gasteiger partial charge in [-0.05, 0) is 56.2 Å². The van der Waals surface area contributed by atoms with E-state index in [0.717, 1.165) is 41.2 Å². The number of anilines is 2. The lowest BCUT2D eigenvalue weighted by Gasteiger charge is -2.16. The summed E-state index contributed by atoms with van der Waals surface area (Å²) in [4.78, 5) is 19.7. The summed E-state index contributed by atoms with van der Waals surface area (Å²) < 4.78 is 1.93. The molecule has 3 rings (SSSR count). The summed E-state index contributed by atoms with van der Waals surface area (Å²) in [5.41, 5.74) is 5.19. The summed E-state index contributed by atoms with van der Waals surface area (Å²) in [5, 5.41) is 11.3. The monoisotopic (exact) mass is 466 g/mol. The van der Waals surface area contributed by atoms with Gasteiger partial charge in [0.15, 0.2) is 0 Å². The molecular formula is C25H31ClN6O. The van der Waals surface area contributed by atoms with Gasteiger partial charge in [-0.25, -0.2) is 4.99 Å². The van der Waals surface area contributed by atoms with E-state index in [1.807, 2.05) is 80.1 Å². The second-order valence-electron chi connectivity index (χ2n) is 8.15. The normalized spacial score (nSPS) is 11.4. The van der Waals surface area contributed by atoms with Crippen molar-refractivity contribution in [1.82, 2.24) is 15.1 Å². The van der Waals surface area contributed by atoms with Crippen LogP contribution in [-0.2, 0) is 13.1 Å². The van der Waals surface area contributed by atoms with E-state index < -0.39 is 0 Å². The second kappa shape index (κ2) is 11.0. The van der Waals surface area contributed by atoms with Crippen LogP contribution in [0.1, 0.15) is 40.5 Å². The molecule has 33 heavy (non-hydrogen) atoms. The molecule has 0 radical (unpaired) electrons. The van der Waals surface area contributed by atoms with Gasteiger partial charge in [-0.1, -0.05) is 30.7 Å². The van der Waals surface area contributed by atoms with Crippen molar-refractivity contribution in [3.63, 3.8) is 0 Å². The molecule has 0 saturated carbocycles. The third kappa shape index (κ3) is 6.58. The molecule has 1 heterocycles. The largest absolute Gasteiger partial charge is 0.378 e. The maximum absolute atomic E-state index is 13.0. The highest BCUT2D eigenvalue weighted by Crippen LogP contribution is 2.20. The van der Waals surface area contributed by atoms with E-state index in [-0.39, 0.29) is 5.91 Å². The number of carbonyl (C=O) groups is 1. The quantitative estimate of drug-likeness (QED) is 0.378. The van der Waals surface area contributed by atoms with E-state index in [0.29, 0.717) is 23.1 Å². The Kier molecular flexibility index (Phi) is 8.11. The Morgan fingerprint density at radius 1 is 1.18 bits per heavy atom. The number of guanidine groups is 1. The Balaban J connectivity index is 1.87. The first kappa shape index (κ1) is 24.3. The lowest BCUT2D eigenvalue weighted by atomic mass is 10.2. The number of rotatable bonds is 7. The van der Waals surface area contributed by atoms with E-state index in [1.165, 1.54) is 0 Å². The first-order chi connectivity index (χ1) is 15.8. The number of aryl methyl sites for hydroxylation is 3. The second-order valence-corrected chi connectivity index (χ2v) is 8.59. The van der Waals surface area contributed by atoms with Crippen LogP contribution in [-0.4, -0.2) is 35.7 Å². The van der Waals surface area contributed by atoms with Crippen LogP contribution in [0.3, 0.4) is 0 Å². The van der Waals surface area contributed by atoms with Crippen LogP contribution in [0.2, 0.25) is 5.02 Å². The van der Waals surface area contributed by atoms with Crippen molar-refractivity contribution in [3.8, 4) is 0 Å². The molecule has 174 valence electrons. The summed E-state index contributed by atoms with van der Waals surface area (Å²) in [6.07, 6.45) is 3.01. The van der Waals surface area contributed by atoms with Crippen LogP contribution in [0.5, 0.6) is 0 Å². The van der Waals surface area contributed by atoms with Crippen molar-refractivity contribution in [3.05, 3.63) is 76.1 Å². The van der Waals surface area contributed by atoms with Crippen LogP contribution in [0.25, 0.3) is 0 Å². The molecule has 3 aromatic rings. The van der Waals surface area contributed by atoms with Gasteiger partial charge in [0.25, 0.3) is 5.91 Å². The highest BCUT2D eigenvalue weighted by atomic mass is 35.5. The fourth-order valence-corrected chi connectivity index (χ4v) is 3.47. The van der Waals surface area contributed by atoms with Gasteiger partial charge in [-0.3, -0.25) is 14.8 Å². The number of hydrogen-bond acceptors (Lipinski definition) is 4. The summed E-state index contributed by atoms with van der Waals surface area (Å²) in [6.45, 7) is 7.30. The van der Waals surface area contributed by atoms with E-state index in [1.54, 1.807) is 6.07 Å². The van der Waals surface area contributed by atoms with E-state index in [4.69, 9.17) is 11.6 Å². The molecule has 0 aliphatic rings. The number of benzene rings is 2. The fraction of sp³-hybridized carbons (Fsp3) is 0.320. The molecule has 0 atom stereocenters. The Labute approximate surface area is 200 Å². The van der Waals surface area contributed by atoms with Crippen LogP contribution < -0.4 is 15.5 Å². The van der Waals surface area contributed by atoms with Crippen molar-refractivity contribution in [2.75, 3.05) is 24.3 Å². The van der Waals surface area contributed by atoms with Gasteiger partial charge in [0.1, 0.15) is 0 Å². The van der Waals surface area contributed by atoms with Crippen LogP contribution in [0, 0.1) is 13.8 Å². The zero-order chi connectivity index (χ0) is 24.0. The van der Waals surface area contributed by atoms with Crippen molar-refractivity contribution in [1.29, 1.82) is 0 Å². The first-order valence-electron chi connectivity index (χ1n) is 11.0. The summed E-state index contributed by atoms with van der Waals surface area (Å²) in [5.74, 6) is 0.103. The van der Waals surface area contributed by atoms with Crippen LogP contribution in [0.15, 0.2) is 53.7 Å². The van der Waals surface area contributed by atoms with Gasteiger partial charge < -0.3 is 10.2 Å². The molecule has 0 aliphatic heterocycles. The average molecular weight is 467 g/mol. The minimum absolute atomic E-state index is 0.247. The number of aliphatic imine (C=N–C) groups is 1. The van der Waals surface area contributed by atoms with Gasteiger partial charge in [-0.15, -0.1) is 0 Å². The molecule has 0 spiro atoms. The lowest BCUT2D eigenvalue weighted by molar-refractivity contribution is 0.0977. The number of halogens is 1. The lowest BCUT2D eigenvalue weighted by Crippen LogP contribution is -2.36. The van der Waals surface area contributed by atoms with Gasteiger partial charge in [-0.2, -0.15) is 5.10 Å². The van der Waals surface area contributed by atoms with Gasteiger partial charge in [0.2, 0.25) is 5.96 Å². The molecule has 1 amide bonds. The standard InChI is InChI=1S/C25H31ClN6O/c1-6-12-32-16-20(18(3)30-32)15-27-25(28-23-14-21(26)11-10-17(23)2)29-24(33)19-8-7-9-22(13-19)31(4)5/h7-11,13-14,16H,6,12,15H2,1-5H3,(H2,27,28,29,33). The van der Waals surface area contributed by atoms with Gasteiger partial charge in [0.05, 0.1) is 12.2 Å². The van der Waals surface area contributed by atoms with E-state index >= 15 is 0 Å². The molecule has 0 bridgehead atoms. The molecule has 1 aromatic heterocycles. The molecule has 2 N–H and O–H groups in total. The molecule has 0 aliphatic carbocycles. The Morgan fingerprint density at radius 2 is 1.97 bits per heavy atom. The van der Waals surface area contributed by atoms with Gasteiger partial charge >= 0.3 is 0 Å². The van der Waals surface area contributed by atoms with E-state index in [2.05, 4.69) is 27.6 Å².